The highest BCUT2D eigenvalue weighted by molar-refractivity contribution is 6.12. The molecule has 0 aliphatic carbocycles. The van der Waals surface area contributed by atoms with Gasteiger partial charge in [0.05, 0.1) is 27.6 Å². The first-order valence-electron chi connectivity index (χ1n) is 16.1. The van der Waals surface area contributed by atoms with Crippen LogP contribution >= 0.6 is 0 Å². The van der Waals surface area contributed by atoms with Crippen LogP contribution < -0.4 is 10.9 Å². The molecule has 3 aromatic heterocycles. The zero-order valence-corrected chi connectivity index (χ0v) is 25.7. The van der Waals surface area contributed by atoms with Crippen LogP contribution in [0.1, 0.15) is 0 Å². The van der Waals surface area contributed by atoms with Gasteiger partial charge in [0, 0.05) is 38.0 Å². The Morgan fingerprint density at radius 1 is 0.333 bits per heavy atom. The zero-order chi connectivity index (χ0) is 31.9. The smallest absolute Gasteiger partial charge is 0.197 e. The van der Waals surface area contributed by atoms with E-state index in [0.717, 1.165) is 60.8 Å². The molecule has 0 N–H and O–H groups in total. The number of benzene rings is 7. The number of fused-ring (bicyclic) bond motifs is 7. The predicted octanol–water partition coefficient (Wildman–Crippen LogP) is 9.99. The fraction of sp³-hybridized carbons (Fsp3) is 0. The lowest BCUT2D eigenvalue weighted by atomic mass is 10.0. The third-order valence-electron chi connectivity index (χ3n) is 9.84. The Kier molecular flexibility index (Phi) is 5.55. The molecular weight excluding hydrogens is 588 g/mol. The number of hydrogen-bond donors (Lipinski definition) is 0. The second kappa shape index (κ2) is 9.99. The molecule has 0 spiro atoms. The molecule has 48 heavy (non-hydrogen) atoms. The first-order chi connectivity index (χ1) is 23.7. The fourth-order valence-corrected chi connectivity index (χ4v) is 7.63. The third kappa shape index (κ3) is 3.71. The average Bonchev–Trinajstić information content (AvgIpc) is 3.48. The van der Waals surface area contributed by atoms with Gasteiger partial charge >= 0.3 is 0 Å². The largest absolute Gasteiger partial charge is 0.309 e. The van der Waals surface area contributed by atoms with Crippen molar-refractivity contribution >= 4 is 59.9 Å². The Morgan fingerprint density at radius 3 is 1.46 bits per heavy atom. The van der Waals surface area contributed by atoms with E-state index in [4.69, 9.17) is 0 Å². The van der Waals surface area contributed by atoms with Crippen molar-refractivity contribution in [2.75, 3.05) is 0 Å². The van der Waals surface area contributed by atoms with Crippen molar-refractivity contribution < 1.29 is 0 Å². The van der Waals surface area contributed by atoms with Gasteiger partial charge in [-0.15, -0.1) is 0 Å². The van der Waals surface area contributed by atoms with E-state index in [9.17, 15) is 9.59 Å². The summed E-state index contributed by atoms with van der Waals surface area (Å²) in [6.07, 6.45) is 0. The van der Waals surface area contributed by atoms with E-state index in [2.05, 4.69) is 100.0 Å². The standard InChI is InChI=1S/C44H26N2O2/c47-43-32-14-7-8-17-38(32)46-41-23-20-31(26-37(41)44(48)34-16-9-15-33(43)42(34)46)45-39-21-18-29(27-10-3-1-4-11-27)24-35(39)36-25-30(19-22-40(36)45)28-12-5-2-6-13-28/h1-26H. The van der Waals surface area contributed by atoms with E-state index in [1.165, 1.54) is 0 Å². The molecule has 0 fully saturated rings. The van der Waals surface area contributed by atoms with Gasteiger partial charge in [0.2, 0.25) is 0 Å². The van der Waals surface area contributed by atoms with E-state index in [1.54, 1.807) is 0 Å². The van der Waals surface area contributed by atoms with Crippen molar-refractivity contribution in [1.82, 2.24) is 8.97 Å². The van der Waals surface area contributed by atoms with Crippen LogP contribution in [0.25, 0.3) is 87.8 Å². The minimum Gasteiger partial charge on any atom is -0.309 e. The summed E-state index contributed by atoms with van der Waals surface area (Å²) in [6, 6.07) is 53.5. The van der Waals surface area contributed by atoms with Crippen molar-refractivity contribution in [3.63, 3.8) is 0 Å². The van der Waals surface area contributed by atoms with Crippen molar-refractivity contribution in [2.45, 2.75) is 0 Å². The van der Waals surface area contributed by atoms with Crippen LogP contribution in [-0.4, -0.2) is 8.97 Å². The molecule has 10 aromatic rings. The molecule has 7 aromatic carbocycles. The van der Waals surface area contributed by atoms with Crippen LogP contribution in [0.15, 0.2) is 167 Å². The Hall–Kier alpha value is -6.52. The van der Waals surface area contributed by atoms with Crippen LogP contribution in [-0.2, 0) is 0 Å². The van der Waals surface area contributed by atoms with Gasteiger partial charge in [-0.1, -0.05) is 91.0 Å². The fourth-order valence-electron chi connectivity index (χ4n) is 7.63. The van der Waals surface area contributed by atoms with E-state index in [0.29, 0.717) is 27.1 Å². The van der Waals surface area contributed by atoms with Gasteiger partial charge in [-0.25, -0.2) is 0 Å². The Morgan fingerprint density at radius 2 is 0.833 bits per heavy atom. The van der Waals surface area contributed by atoms with Crippen molar-refractivity contribution in [3.8, 4) is 27.9 Å². The third-order valence-corrected chi connectivity index (χ3v) is 9.84. The summed E-state index contributed by atoms with van der Waals surface area (Å²) in [4.78, 5) is 27.8. The molecule has 0 aliphatic heterocycles. The minimum atomic E-state index is -0.0781. The highest BCUT2D eigenvalue weighted by Gasteiger charge is 2.19. The van der Waals surface area contributed by atoms with Gasteiger partial charge in [-0.3, -0.25) is 9.59 Å². The van der Waals surface area contributed by atoms with Gasteiger partial charge < -0.3 is 8.97 Å². The maximum absolute atomic E-state index is 14.3. The van der Waals surface area contributed by atoms with E-state index < -0.39 is 0 Å². The molecule has 10 rings (SSSR count). The molecule has 224 valence electrons. The number of aromatic nitrogens is 2. The van der Waals surface area contributed by atoms with Crippen molar-refractivity contribution in [3.05, 3.63) is 178 Å². The van der Waals surface area contributed by atoms with E-state index in [1.807, 2.05) is 66.7 Å². The van der Waals surface area contributed by atoms with Crippen molar-refractivity contribution in [1.29, 1.82) is 0 Å². The lowest BCUT2D eigenvalue weighted by Gasteiger charge is -2.16. The number of para-hydroxylation sites is 2. The number of rotatable bonds is 3. The van der Waals surface area contributed by atoms with Crippen LogP contribution in [0.5, 0.6) is 0 Å². The molecule has 0 saturated heterocycles. The highest BCUT2D eigenvalue weighted by Crippen LogP contribution is 2.38. The first kappa shape index (κ1) is 26.7. The molecule has 0 aliphatic rings. The van der Waals surface area contributed by atoms with Crippen LogP contribution in [0, 0.1) is 0 Å². The molecule has 0 bridgehead atoms. The van der Waals surface area contributed by atoms with Crippen LogP contribution in [0.4, 0.5) is 0 Å². The summed E-state index contributed by atoms with van der Waals surface area (Å²) in [5.41, 5.74) is 9.78. The molecule has 0 unspecified atom stereocenters. The van der Waals surface area contributed by atoms with Gasteiger partial charge in [0.15, 0.2) is 10.9 Å². The Balaban J connectivity index is 1.30. The lowest BCUT2D eigenvalue weighted by Crippen LogP contribution is -2.14. The SMILES string of the molecule is O=c1c2ccccc2n2c3ccc(-n4c5ccc(-c6ccccc6)cc5c5cc(-c6ccccc6)ccc54)cc3c(=O)c3cccc1c32. The summed E-state index contributed by atoms with van der Waals surface area (Å²) in [7, 11) is 0. The van der Waals surface area contributed by atoms with Gasteiger partial charge in [-0.2, -0.15) is 0 Å². The summed E-state index contributed by atoms with van der Waals surface area (Å²) < 4.78 is 4.35. The summed E-state index contributed by atoms with van der Waals surface area (Å²) in [5, 5.41) is 4.64. The quantitative estimate of drug-likeness (QED) is 0.147. The summed E-state index contributed by atoms with van der Waals surface area (Å²) >= 11 is 0. The second-order valence-corrected chi connectivity index (χ2v) is 12.4. The zero-order valence-electron chi connectivity index (χ0n) is 25.7. The second-order valence-electron chi connectivity index (χ2n) is 12.4. The van der Waals surface area contributed by atoms with Crippen molar-refractivity contribution in [2.24, 2.45) is 0 Å². The van der Waals surface area contributed by atoms with Crippen LogP contribution in [0.3, 0.4) is 0 Å². The summed E-state index contributed by atoms with van der Waals surface area (Å²) in [5.74, 6) is 0. The van der Waals surface area contributed by atoms with Gasteiger partial charge in [0.25, 0.3) is 0 Å². The number of hydrogen-bond acceptors (Lipinski definition) is 2. The monoisotopic (exact) mass is 614 g/mol. The Labute approximate surface area is 274 Å². The van der Waals surface area contributed by atoms with Gasteiger partial charge in [0.1, 0.15) is 0 Å². The number of pyridine rings is 2. The maximum Gasteiger partial charge on any atom is 0.197 e. The molecule has 0 atom stereocenters. The molecule has 0 saturated carbocycles. The normalized spacial score (nSPS) is 11.9. The molecule has 0 amide bonds. The molecule has 4 nitrogen and oxygen atoms in total. The van der Waals surface area contributed by atoms with Gasteiger partial charge in [-0.05, 0) is 89.0 Å². The minimum absolute atomic E-state index is 0.0541. The average molecular weight is 615 g/mol. The topological polar surface area (TPSA) is 43.5 Å². The predicted molar refractivity (Wildman–Crippen MR) is 199 cm³/mol. The maximum atomic E-state index is 14.3. The molecule has 3 heterocycles. The molecule has 0 radical (unpaired) electrons. The highest BCUT2D eigenvalue weighted by atomic mass is 16.1. The first-order valence-corrected chi connectivity index (χ1v) is 16.1. The molecular formula is C44H26N2O2. The lowest BCUT2D eigenvalue weighted by molar-refractivity contribution is 1.18. The van der Waals surface area contributed by atoms with Crippen LogP contribution in [0.2, 0.25) is 0 Å². The van der Waals surface area contributed by atoms with E-state index >= 15 is 0 Å². The summed E-state index contributed by atoms with van der Waals surface area (Å²) in [6.45, 7) is 0. The van der Waals surface area contributed by atoms with E-state index in [-0.39, 0.29) is 10.9 Å². The number of nitrogens with zero attached hydrogens (tertiary/aromatic N) is 2. The Bertz CT molecular complexity index is 2930. The molecule has 4 heteroatoms.